The number of rotatable bonds is 3. The van der Waals surface area contributed by atoms with Crippen LogP contribution in [0.3, 0.4) is 0 Å². The maximum absolute atomic E-state index is 11.0. The number of allylic oxidation sites excluding steroid dienone is 5. The predicted molar refractivity (Wildman–Crippen MR) is 85.8 cm³/mol. The Morgan fingerprint density at radius 1 is 1.33 bits per heavy atom. The van der Waals surface area contributed by atoms with E-state index in [9.17, 15) is 10.1 Å². The number of fused-ring (bicyclic) bond motifs is 1. The average Bonchev–Trinajstić information content (AvgIpc) is 2.63. The van der Waals surface area contributed by atoms with Crippen molar-refractivity contribution in [2.24, 2.45) is 0 Å². The maximum atomic E-state index is 11.0. The van der Waals surface area contributed by atoms with Gasteiger partial charge >= 0.3 is 0 Å². The van der Waals surface area contributed by atoms with Gasteiger partial charge in [-0.2, -0.15) is 0 Å². The quantitative estimate of drug-likeness (QED) is 0.478. The van der Waals surface area contributed by atoms with Crippen LogP contribution < -0.4 is 4.90 Å². The Bertz CT molecular complexity index is 655. The summed E-state index contributed by atoms with van der Waals surface area (Å²) in [5.41, 5.74) is 3.36. The molecule has 0 fully saturated rings. The zero-order valence-electron chi connectivity index (χ0n) is 12.8. The molecular weight excluding hydrogens is 264 g/mol. The zero-order valence-corrected chi connectivity index (χ0v) is 12.8. The lowest BCUT2D eigenvalue weighted by molar-refractivity contribution is -0.419. The van der Waals surface area contributed by atoms with E-state index in [0.29, 0.717) is 0 Å². The van der Waals surface area contributed by atoms with Gasteiger partial charge in [0, 0.05) is 36.0 Å². The van der Waals surface area contributed by atoms with Crippen molar-refractivity contribution in [1.29, 1.82) is 0 Å². The number of anilines is 1. The molecule has 1 heterocycles. The Morgan fingerprint density at radius 3 is 2.57 bits per heavy atom. The van der Waals surface area contributed by atoms with Gasteiger partial charge in [-0.3, -0.25) is 10.1 Å². The SMILES string of the molecule is C/C=C/C(=C/C=C1\N(C)c2ccccc2C1(C)C)[N+](=O)[O-]. The van der Waals surface area contributed by atoms with Gasteiger partial charge in [0.1, 0.15) is 0 Å². The molecule has 0 aromatic heterocycles. The molecule has 1 aliphatic rings. The van der Waals surface area contributed by atoms with E-state index in [4.69, 9.17) is 0 Å². The normalized spacial score (nSPS) is 19.3. The van der Waals surface area contributed by atoms with Crippen molar-refractivity contribution in [3.8, 4) is 0 Å². The Morgan fingerprint density at radius 2 is 2.00 bits per heavy atom. The van der Waals surface area contributed by atoms with Crippen molar-refractivity contribution < 1.29 is 4.92 Å². The molecule has 0 amide bonds. The third kappa shape index (κ3) is 2.61. The van der Waals surface area contributed by atoms with E-state index in [1.54, 1.807) is 19.1 Å². The number of para-hydroxylation sites is 1. The third-order valence-corrected chi connectivity index (χ3v) is 3.90. The Balaban J connectivity index is 2.49. The first-order valence-electron chi connectivity index (χ1n) is 6.92. The lowest BCUT2D eigenvalue weighted by Gasteiger charge is -2.23. The van der Waals surface area contributed by atoms with Crippen LogP contribution in [0.2, 0.25) is 0 Å². The molecule has 0 atom stereocenters. The van der Waals surface area contributed by atoms with Crippen LogP contribution in [0.1, 0.15) is 26.3 Å². The molecule has 0 spiro atoms. The molecule has 0 radical (unpaired) electrons. The van der Waals surface area contributed by atoms with Gasteiger partial charge in [-0.15, -0.1) is 0 Å². The van der Waals surface area contributed by atoms with E-state index in [0.717, 1.165) is 11.4 Å². The lowest BCUT2D eigenvalue weighted by atomic mass is 9.84. The molecule has 1 aromatic carbocycles. The number of hydrogen-bond donors (Lipinski definition) is 0. The molecule has 4 nitrogen and oxygen atoms in total. The predicted octanol–water partition coefficient (Wildman–Crippen LogP) is 4.03. The van der Waals surface area contributed by atoms with Crippen LogP contribution in [0.15, 0.2) is 60.0 Å². The van der Waals surface area contributed by atoms with E-state index < -0.39 is 0 Å². The summed E-state index contributed by atoms with van der Waals surface area (Å²) in [7, 11) is 1.99. The number of hydrogen-bond acceptors (Lipinski definition) is 3. The fourth-order valence-electron chi connectivity index (χ4n) is 2.81. The van der Waals surface area contributed by atoms with Crippen LogP contribution in [0, 0.1) is 10.1 Å². The fourth-order valence-corrected chi connectivity index (χ4v) is 2.81. The summed E-state index contributed by atoms with van der Waals surface area (Å²) in [6.45, 7) is 6.04. The lowest BCUT2D eigenvalue weighted by Crippen LogP contribution is -2.22. The minimum atomic E-state index is -0.369. The van der Waals surface area contributed by atoms with E-state index >= 15 is 0 Å². The highest BCUT2D eigenvalue weighted by Crippen LogP contribution is 2.46. The van der Waals surface area contributed by atoms with Crippen molar-refractivity contribution >= 4 is 5.69 Å². The molecule has 2 rings (SSSR count). The van der Waals surface area contributed by atoms with E-state index in [1.807, 2.05) is 25.3 Å². The fraction of sp³-hybridized carbons (Fsp3) is 0.294. The first-order chi connectivity index (χ1) is 9.89. The highest BCUT2D eigenvalue weighted by molar-refractivity contribution is 5.70. The monoisotopic (exact) mass is 284 g/mol. The number of nitrogens with zero attached hydrogens (tertiary/aromatic N) is 2. The molecule has 4 heteroatoms. The van der Waals surface area contributed by atoms with Crippen molar-refractivity contribution in [3.63, 3.8) is 0 Å². The second-order valence-electron chi connectivity index (χ2n) is 5.60. The van der Waals surface area contributed by atoms with Gasteiger partial charge in [0.15, 0.2) is 0 Å². The van der Waals surface area contributed by atoms with E-state index in [-0.39, 0.29) is 16.0 Å². The molecular formula is C17H20N2O2. The number of likely N-dealkylation sites (N-methyl/N-ethyl adjacent to an activating group) is 1. The summed E-state index contributed by atoms with van der Waals surface area (Å²) in [4.78, 5) is 12.7. The zero-order chi connectivity index (χ0) is 15.6. The van der Waals surface area contributed by atoms with Crippen molar-refractivity contribution in [1.82, 2.24) is 0 Å². The minimum Gasteiger partial charge on any atom is -0.347 e. The van der Waals surface area contributed by atoms with Crippen LogP contribution >= 0.6 is 0 Å². The molecule has 21 heavy (non-hydrogen) atoms. The summed E-state index contributed by atoms with van der Waals surface area (Å²) in [5.74, 6) is 0. The van der Waals surface area contributed by atoms with Crippen LogP contribution in [0.5, 0.6) is 0 Å². The molecule has 0 N–H and O–H groups in total. The first-order valence-corrected chi connectivity index (χ1v) is 6.92. The molecule has 1 aromatic rings. The Hall–Kier alpha value is -2.36. The topological polar surface area (TPSA) is 46.4 Å². The van der Waals surface area contributed by atoms with Crippen LogP contribution in [0.25, 0.3) is 0 Å². The van der Waals surface area contributed by atoms with Crippen LogP contribution in [-0.2, 0) is 5.41 Å². The second-order valence-corrected chi connectivity index (χ2v) is 5.60. The smallest absolute Gasteiger partial charge is 0.269 e. The van der Waals surface area contributed by atoms with Gasteiger partial charge in [-0.1, -0.05) is 38.1 Å². The first kappa shape index (κ1) is 15.0. The van der Waals surface area contributed by atoms with Crippen molar-refractivity contribution in [3.05, 3.63) is 75.6 Å². The summed E-state index contributed by atoms with van der Waals surface area (Å²) >= 11 is 0. The van der Waals surface area contributed by atoms with Crippen molar-refractivity contribution in [2.75, 3.05) is 11.9 Å². The van der Waals surface area contributed by atoms with Gasteiger partial charge in [-0.25, -0.2) is 0 Å². The molecule has 0 bridgehead atoms. The second kappa shape index (κ2) is 5.56. The largest absolute Gasteiger partial charge is 0.347 e. The standard InChI is InChI=1S/C17H20N2O2/c1-5-8-13(19(20)21)11-12-16-17(2,3)14-9-6-7-10-15(14)18(16)4/h5-12H,1-4H3/b8-5+,13-11-,16-12-. The highest BCUT2D eigenvalue weighted by atomic mass is 16.6. The van der Waals surface area contributed by atoms with Gasteiger partial charge in [0.2, 0.25) is 0 Å². The average molecular weight is 284 g/mol. The van der Waals surface area contributed by atoms with Gasteiger partial charge in [-0.05, 0) is 24.6 Å². The molecule has 0 saturated carbocycles. The molecule has 0 unspecified atom stereocenters. The molecule has 0 saturated heterocycles. The third-order valence-electron chi connectivity index (χ3n) is 3.90. The van der Waals surface area contributed by atoms with E-state index in [1.165, 1.54) is 11.6 Å². The van der Waals surface area contributed by atoms with Crippen LogP contribution in [-0.4, -0.2) is 12.0 Å². The van der Waals surface area contributed by atoms with Gasteiger partial charge in [0.25, 0.3) is 5.70 Å². The molecule has 1 aliphatic heterocycles. The molecule has 0 aliphatic carbocycles. The number of nitro groups is 1. The summed E-state index contributed by atoms with van der Waals surface area (Å²) in [6, 6.07) is 8.21. The van der Waals surface area contributed by atoms with Gasteiger partial charge in [0.05, 0.1) is 4.92 Å². The molecule has 110 valence electrons. The summed E-state index contributed by atoms with van der Waals surface area (Å²) < 4.78 is 0. The van der Waals surface area contributed by atoms with Gasteiger partial charge < -0.3 is 4.90 Å². The summed E-state index contributed by atoms with van der Waals surface area (Å²) in [6.07, 6.45) is 6.59. The number of benzene rings is 1. The Kier molecular flexibility index (Phi) is 3.98. The van der Waals surface area contributed by atoms with Crippen LogP contribution in [0.4, 0.5) is 5.69 Å². The highest BCUT2D eigenvalue weighted by Gasteiger charge is 2.37. The minimum absolute atomic E-state index is 0.0881. The maximum Gasteiger partial charge on any atom is 0.269 e. The Labute approximate surface area is 125 Å². The van der Waals surface area contributed by atoms with Crippen molar-refractivity contribution in [2.45, 2.75) is 26.2 Å². The summed E-state index contributed by atoms with van der Waals surface area (Å²) in [5, 5.41) is 11.0. The van der Waals surface area contributed by atoms with E-state index in [2.05, 4.69) is 30.9 Å².